The Labute approximate surface area is 259 Å². The van der Waals surface area contributed by atoms with Gasteiger partial charge in [0.05, 0.1) is 29.8 Å². The molecule has 6 atom stereocenters. The molecule has 44 heavy (non-hydrogen) atoms. The SMILES string of the molecule is CS(=O)(=O)N1CCC2(CCN(c3ccc(N4CCN(OC(=O)NC5[C@@H]6CC7C[C@H]5CC(O)(C7)C6)c5ccccc54)cc3)C2)C1. The maximum absolute atomic E-state index is 13.2. The lowest BCUT2D eigenvalue weighted by molar-refractivity contribution is -0.137. The van der Waals surface area contributed by atoms with Gasteiger partial charge in [-0.05, 0) is 99.1 Å². The van der Waals surface area contributed by atoms with Crippen molar-refractivity contribution < 1.29 is 23.2 Å². The van der Waals surface area contributed by atoms with Crippen LogP contribution in [0.5, 0.6) is 0 Å². The van der Waals surface area contributed by atoms with Gasteiger partial charge < -0.3 is 25.1 Å². The van der Waals surface area contributed by atoms with Crippen LogP contribution in [-0.2, 0) is 14.9 Å². The van der Waals surface area contributed by atoms with E-state index >= 15 is 0 Å². The fraction of sp³-hybridized carbons (Fsp3) is 0.606. The van der Waals surface area contributed by atoms with E-state index in [4.69, 9.17) is 4.84 Å². The highest BCUT2D eigenvalue weighted by atomic mass is 32.2. The van der Waals surface area contributed by atoms with Gasteiger partial charge in [0.25, 0.3) is 0 Å². The van der Waals surface area contributed by atoms with Crippen LogP contribution in [0, 0.1) is 23.2 Å². The van der Waals surface area contributed by atoms with E-state index in [2.05, 4.69) is 45.4 Å². The number of amides is 1. The van der Waals surface area contributed by atoms with Crippen molar-refractivity contribution in [2.75, 3.05) is 60.4 Å². The number of benzene rings is 2. The summed E-state index contributed by atoms with van der Waals surface area (Å²) >= 11 is 0. The van der Waals surface area contributed by atoms with Gasteiger partial charge in [0.2, 0.25) is 10.0 Å². The average molecular weight is 622 g/mol. The fourth-order valence-electron chi connectivity index (χ4n) is 9.69. The van der Waals surface area contributed by atoms with Crippen LogP contribution in [-0.4, -0.2) is 81.1 Å². The lowest BCUT2D eigenvalue weighted by atomic mass is 9.52. The van der Waals surface area contributed by atoms with E-state index in [0.717, 1.165) is 80.8 Å². The molecule has 0 radical (unpaired) electrons. The third-order valence-electron chi connectivity index (χ3n) is 11.5. The van der Waals surface area contributed by atoms with Crippen LogP contribution in [0.1, 0.15) is 44.9 Å². The van der Waals surface area contributed by atoms with Crippen LogP contribution < -0.4 is 20.2 Å². The first-order valence-electron chi connectivity index (χ1n) is 16.2. The van der Waals surface area contributed by atoms with Crippen molar-refractivity contribution in [1.82, 2.24) is 9.62 Å². The van der Waals surface area contributed by atoms with E-state index in [1.807, 2.05) is 18.2 Å². The molecule has 4 bridgehead atoms. The number of nitrogens with one attached hydrogen (secondary N) is 1. The van der Waals surface area contributed by atoms with E-state index in [1.54, 1.807) is 9.37 Å². The van der Waals surface area contributed by atoms with E-state index in [-0.39, 0.29) is 11.5 Å². The molecule has 10 nitrogen and oxygen atoms in total. The predicted molar refractivity (Wildman–Crippen MR) is 169 cm³/mol. The normalized spacial score (nSPS) is 34.5. The number of sulfonamides is 1. The maximum atomic E-state index is 13.2. The second kappa shape index (κ2) is 10.3. The summed E-state index contributed by atoms with van der Waals surface area (Å²) in [7, 11) is -3.15. The Balaban J connectivity index is 0.925. The standard InChI is InChI=1S/C33H43N5O5S/c1-44(41,42)36-13-11-32(22-36)10-12-35(21-32)26-6-8-27(9-7-26)37-14-15-38(29-5-3-2-4-28(29)37)43-31(39)34-30-24-16-23-17-25(30)20-33(40,18-23)19-24/h2-9,23-25,30,40H,10-22H2,1H3,(H,34,39)/t23?,24-,25+,30?,32?,33?. The van der Waals surface area contributed by atoms with Crippen molar-refractivity contribution in [3.63, 3.8) is 0 Å². The van der Waals surface area contributed by atoms with Crippen molar-refractivity contribution in [3.8, 4) is 0 Å². The van der Waals surface area contributed by atoms with Crippen molar-refractivity contribution in [3.05, 3.63) is 48.5 Å². The number of hydroxylamine groups is 1. The summed E-state index contributed by atoms with van der Waals surface area (Å²) in [6, 6.07) is 16.7. The Bertz CT molecular complexity index is 1540. The molecule has 2 saturated heterocycles. The first kappa shape index (κ1) is 28.5. The zero-order valence-corrected chi connectivity index (χ0v) is 26.2. The minimum atomic E-state index is -3.15. The first-order chi connectivity index (χ1) is 21.1. The number of aliphatic hydroxyl groups is 1. The van der Waals surface area contributed by atoms with Crippen LogP contribution in [0.25, 0.3) is 0 Å². The molecule has 0 aromatic heterocycles. The van der Waals surface area contributed by atoms with Crippen molar-refractivity contribution in [2.45, 2.75) is 56.6 Å². The van der Waals surface area contributed by atoms with Gasteiger partial charge >= 0.3 is 6.09 Å². The third kappa shape index (κ3) is 5.01. The summed E-state index contributed by atoms with van der Waals surface area (Å²) in [4.78, 5) is 23.8. The number of hydrogen-bond acceptors (Lipinski definition) is 8. The molecule has 4 aliphatic carbocycles. The second-order valence-corrected chi connectivity index (χ2v) is 16.5. The highest BCUT2D eigenvalue weighted by Gasteiger charge is 2.55. The molecule has 3 heterocycles. The van der Waals surface area contributed by atoms with E-state index < -0.39 is 21.7 Å². The number of anilines is 4. The number of hydrogen-bond donors (Lipinski definition) is 2. The molecule has 6 fully saturated rings. The lowest BCUT2D eigenvalue weighted by Gasteiger charge is -2.57. The van der Waals surface area contributed by atoms with E-state index in [9.17, 15) is 18.3 Å². The summed E-state index contributed by atoms with van der Waals surface area (Å²) in [5, 5.41) is 15.8. The highest BCUT2D eigenvalue weighted by Crippen LogP contribution is 2.55. The molecule has 11 heteroatoms. The highest BCUT2D eigenvalue weighted by molar-refractivity contribution is 7.88. The number of carbonyl (C=O) groups excluding carboxylic acids is 1. The summed E-state index contributed by atoms with van der Waals surface area (Å²) in [5.74, 6) is 1.25. The van der Waals surface area contributed by atoms with Crippen LogP contribution in [0.3, 0.4) is 0 Å². The zero-order valence-electron chi connectivity index (χ0n) is 25.4. The first-order valence-corrected chi connectivity index (χ1v) is 18.1. The quantitative estimate of drug-likeness (QED) is 0.515. The monoisotopic (exact) mass is 621 g/mol. The number of carbonyl (C=O) groups is 1. The second-order valence-electron chi connectivity index (χ2n) is 14.5. The topological polar surface area (TPSA) is 106 Å². The molecule has 2 aromatic rings. The van der Waals surface area contributed by atoms with Gasteiger partial charge in [-0.2, -0.15) is 0 Å². The van der Waals surface area contributed by atoms with Gasteiger partial charge in [-0.1, -0.05) is 12.1 Å². The number of nitrogens with zero attached hydrogens (tertiary/aromatic N) is 4. The molecule has 3 aliphatic heterocycles. The minimum Gasteiger partial charge on any atom is -0.390 e. The summed E-state index contributed by atoms with van der Waals surface area (Å²) in [6.45, 7) is 4.25. The Morgan fingerprint density at radius 2 is 1.57 bits per heavy atom. The molecule has 4 saturated carbocycles. The van der Waals surface area contributed by atoms with Gasteiger partial charge in [-0.15, -0.1) is 0 Å². The van der Waals surface area contributed by atoms with Crippen LogP contribution in [0.2, 0.25) is 0 Å². The molecular formula is C33H43N5O5S. The van der Waals surface area contributed by atoms with Gasteiger partial charge in [0.15, 0.2) is 0 Å². The Morgan fingerprint density at radius 1 is 0.886 bits per heavy atom. The minimum absolute atomic E-state index is 0.0421. The molecule has 4 unspecified atom stereocenters. The summed E-state index contributed by atoms with van der Waals surface area (Å²) in [6.07, 6.45) is 7.49. The molecule has 2 aromatic carbocycles. The number of para-hydroxylation sites is 2. The molecule has 9 rings (SSSR count). The van der Waals surface area contributed by atoms with Crippen molar-refractivity contribution in [2.24, 2.45) is 23.2 Å². The van der Waals surface area contributed by atoms with Gasteiger partial charge in [-0.25, -0.2) is 22.6 Å². The molecule has 2 N–H and O–H groups in total. The smallest absolute Gasteiger partial charge is 0.390 e. The average Bonchev–Trinajstić information content (AvgIpc) is 3.61. The molecule has 7 aliphatic rings. The number of rotatable bonds is 5. The van der Waals surface area contributed by atoms with E-state index in [1.165, 1.54) is 6.26 Å². The van der Waals surface area contributed by atoms with E-state index in [0.29, 0.717) is 43.9 Å². The van der Waals surface area contributed by atoms with Gasteiger partial charge in [-0.3, -0.25) is 0 Å². The van der Waals surface area contributed by atoms with Crippen molar-refractivity contribution >= 4 is 38.9 Å². The molecule has 236 valence electrons. The predicted octanol–water partition coefficient (Wildman–Crippen LogP) is 4.09. The third-order valence-corrected chi connectivity index (χ3v) is 12.8. The Hall–Kier alpha value is -3.02. The lowest BCUT2D eigenvalue weighted by Crippen LogP contribution is -2.62. The zero-order chi connectivity index (χ0) is 30.3. The Morgan fingerprint density at radius 3 is 2.25 bits per heavy atom. The van der Waals surface area contributed by atoms with Gasteiger partial charge in [0.1, 0.15) is 0 Å². The van der Waals surface area contributed by atoms with Crippen LogP contribution in [0.4, 0.5) is 27.5 Å². The van der Waals surface area contributed by atoms with Crippen LogP contribution >= 0.6 is 0 Å². The molecule has 1 amide bonds. The molecular weight excluding hydrogens is 578 g/mol. The maximum Gasteiger partial charge on any atom is 0.431 e. The number of fused-ring (bicyclic) bond motifs is 1. The summed E-state index contributed by atoms with van der Waals surface area (Å²) in [5.41, 5.74) is 3.60. The fourth-order valence-corrected chi connectivity index (χ4v) is 10.6. The summed E-state index contributed by atoms with van der Waals surface area (Å²) < 4.78 is 25.8. The molecule has 1 spiro atoms. The van der Waals surface area contributed by atoms with Crippen molar-refractivity contribution in [1.29, 1.82) is 0 Å². The Kier molecular flexibility index (Phi) is 6.63. The largest absolute Gasteiger partial charge is 0.431 e. The van der Waals surface area contributed by atoms with Gasteiger partial charge in [0, 0.05) is 55.6 Å². The van der Waals surface area contributed by atoms with Crippen LogP contribution in [0.15, 0.2) is 48.5 Å².